The molecular formula is C10H21NO2S. The van der Waals surface area contributed by atoms with Crippen molar-refractivity contribution < 1.29 is 8.42 Å². The third kappa shape index (κ3) is 3.58. The van der Waals surface area contributed by atoms with Crippen molar-refractivity contribution >= 4 is 9.84 Å². The van der Waals surface area contributed by atoms with E-state index in [9.17, 15) is 8.42 Å². The highest BCUT2D eigenvalue weighted by molar-refractivity contribution is 7.90. The first-order valence-corrected chi connectivity index (χ1v) is 7.33. The van der Waals surface area contributed by atoms with Crippen LogP contribution in [0.25, 0.3) is 0 Å². The van der Waals surface area contributed by atoms with Gasteiger partial charge in [-0.1, -0.05) is 6.92 Å². The van der Waals surface area contributed by atoms with E-state index in [-0.39, 0.29) is 0 Å². The maximum absolute atomic E-state index is 11.2. The van der Waals surface area contributed by atoms with Crippen LogP contribution in [-0.4, -0.2) is 33.5 Å². The summed E-state index contributed by atoms with van der Waals surface area (Å²) in [6.07, 6.45) is 4.66. The maximum atomic E-state index is 11.2. The fourth-order valence-electron chi connectivity index (χ4n) is 2.30. The Hall–Kier alpha value is -0.0900. The lowest BCUT2D eigenvalue weighted by Gasteiger charge is -2.33. The minimum Gasteiger partial charge on any atom is -0.317 e. The molecule has 1 rings (SSSR count). The molecule has 0 aromatic carbocycles. The van der Waals surface area contributed by atoms with Gasteiger partial charge in [-0.3, -0.25) is 0 Å². The van der Waals surface area contributed by atoms with Crippen molar-refractivity contribution in [2.45, 2.75) is 32.2 Å². The van der Waals surface area contributed by atoms with Gasteiger partial charge < -0.3 is 5.32 Å². The first-order valence-electron chi connectivity index (χ1n) is 5.27. The molecule has 4 heteroatoms. The highest BCUT2D eigenvalue weighted by Crippen LogP contribution is 2.30. The van der Waals surface area contributed by atoms with Gasteiger partial charge in [0.1, 0.15) is 9.84 Å². The van der Waals surface area contributed by atoms with Gasteiger partial charge in [0.25, 0.3) is 0 Å². The Kier molecular flexibility index (Phi) is 3.95. The van der Waals surface area contributed by atoms with Gasteiger partial charge in [0, 0.05) is 12.3 Å². The molecule has 0 saturated heterocycles. The van der Waals surface area contributed by atoms with Crippen LogP contribution >= 0.6 is 0 Å². The van der Waals surface area contributed by atoms with Crippen LogP contribution in [0.5, 0.6) is 0 Å². The average molecular weight is 219 g/mol. The Balaban J connectivity index is 2.57. The van der Waals surface area contributed by atoms with Crippen LogP contribution in [-0.2, 0) is 9.84 Å². The summed E-state index contributed by atoms with van der Waals surface area (Å²) < 4.78 is 22.4. The second-order valence-electron chi connectivity index (χ2n) is 4.63. The molecule has 0 aromatic rings. The smallest absolute Gasteiger partial charge is 0.147 e. The van der Waals surface area contributed by atoms with Crippen molar-refractivity contribution in [3.05, 3.63) is 0 Å². The number of hydrogen-bond donors (Lipinski definition) is 1. The molecule has 1 N–H and O–H groups in total. The van der Waals surface area contributed by atoms with Crippen LogP contribution in [0, 0.1) is 11.8 Å². The SMILES string of the molecule is CNC1CCC(C)C(CS(C)(=O)=O)C1. The highest BCUT2D eigenvalue weighted by atomic mass is 32.2. The zero-order valence-electron chi connectivity index (χ0n) is 9.29. The first-order chi connectivity index (χ1) is 6.42. The first kappa shape index (κ1) is 12.0. The number of hydrogen-bond acceptors (Lipinski definition) is 3. The predicted octanol–water partition coefficient (Wildman–Crippen LogP) is 1.06. The third-order valence-electron chi connectivity index (χ3n) is 3.29. The minimum absolute atomic E-state index is 0.344. The summed E-state index contributed by atoms with van der Waals surface area (Å²) in [6.45, 7) is 2.17. The molecule has 0 bridgehead atoms. The normalized spacial score (nSPS) is 34.4. The van der Waals surface area contributed by atoms with E-state index in [1.165, 1.54) is 12.7 Å². The monoisotopic (exact) mass is 219 g/mol. The molecule has 1 fully saturated rings. The van der Waals surface area contributed by atoms with Crippen LogP contribution in [0.2, 0.25) is 0 Å². The van der Waals surface area contributed by atoms with Gasteiger partial charge in [-0.05, 0) is 38.1 Å². The second kappa shape index (κ2) is 4.62. The summed E-state index contributed by atoms with van der Waals surface area (Å²) in [5, 5.41) is 3.25. The summed E-state index contributed by atoms with van der Waals surface area (Å²) >= 11 is 0. The van der Waals surface area contributed by atoms with E-state index in [0.717, 1.165) is 12.8 Å². The summed E-state index contributed by atoms with van der Waals surface area (Å²) in [5.74, 6) is 1.25. The molecule has 1 saturated carbocycles. The van der Waals surface area contributed by atoms with E-state index >= 15 is 0 Å². The Bertz CT molecular complexity index is 274. The highest BCUT2D eigenvalue weighted by Gasteiger charge is 2.29. The Morgan fingerprint density at radius 1 is 1.36 bits per heavy atom. The molecule has 3 nitrogen and oxygen atoms in total. The fraction of sp³-hybridized carbons (Fsp3) is 1.00. The quantitative estimate of drug-likeness (QED) is 0.772. The molecule has 3 atom stereocenters. The summed E-state index contributed by atoms with van der Waals surface area (Å²) in [5.41, 5.74) is 0. The van der Waals surface area contributed by atoms with Gasteiger partial charge in [-0.25, -0.2) is 8.42 Å². The van der Waals surface area contributed by atoms with Crippen molar-refractivity contribution in [2.24, 2.45) is 11.8 Å². The van der Waals surface area contributed by atoms with Crippen LogP contribution in [0.1, 0.15) is 26.2 Å². The van der Waals surface area contributed by atoms with E-state index in [1.54, 1.807) is 0 Å². The molecular weight excluding hydrogens is 198 g/mol. The molecule has 0 aromatic heterocycles. The molecule has 84 valence electrons. The van der Waals surface area contributed by atoms with Crippen molar-refractivity contribution in [2.75, 3.05) is 19.1 Å². The zero-order chi connectivity index (χ0) is 10.8. The van der Waals surface area contributed by atoms with Crippen molar-refractivity contribution in [3.8, 4) is 0 Å². The summed E-state index contributed by atoms with van der Waals surface area (Å²) in [4.78, 5) is 0. The Morgan fingerprint density at radius 3 is 2.50 bits per heavy atom. The predicted molar refractivity (Wildman–Crippen MR) is 59.1 cm³/mol. The van der Waals surface area contributed by atoms with E-state index in [4.69, 9.17) is 0 Å². The molecule has 14 heavy (non-hydrogen) atoms. The van der Waals surface area contributed by atoms with Gasteiger partial charge in [-0.15, -0.1) is 0 Å². The van der Waals surface area contributed by atoms with Crippen LogP contribution < -0.4 is 5.32 Å². The lowest BCUT2D eigenvalue weighted by atomic mass is 9.79. The molecule has 0 amide bonds. The van der Waals surface area contributed by atoms with E-state index < -0.39 is 9.84 Å². The average Bonchev–Trinajstić information content (AvgIpc) is 2.06. The topological polar surface area (TPSA) is 46.2 Å². The molecule has 0 spiro atoms. The van der Waals surface area contributed by atoms with Gasteiger partial charge in [-0.2, -0.15) is 0 Å². The molecule has 1 aliphatic carbocycles. The lowest BCUT2D eigenvalue weighted by molar-refractivity contribution is 0.235. The molecule has 0 radical (unpaired) electrons. The zero-order valence-corrected chi connectivity index (χ0v) is 10.1. The van der Waals surface area contributed by atoms with Crippen LogP contribution in [0.3, 0.4) is 0 Å². The van der Waals surface area contributed by atoms with Gasteiger partial charge in [0.05, 0.1) is 5.75 Å². The Labute approximate surface area is 87.2 Å². The Morgan fingerprint density at radius 2 is 2.00 bits per heavy atom. The summed E-state index contributed by atoms with van der Waals surface area (Å²) in [7, 11) is -0.860. The second-order valence-corrected chi connectivity index (χ2v) is 6.81. The van der Waals surface area contributed by atoms with E-state index in [0.29, 0.717) is 23.6 Å². The van der Waals surface area contributed by atoms with Gasteiger partial charge >= 0.3 is 0 Å². The van der Waals surface area contributed by atoms with Crippen LogP contribution in [0.15, 0.2) is 0 Å². The largest absolute Gasteiger partial charge is 0.317 e. The van der Waals surface area contributed by atoms with E-state index in [1.807, 2.05) is 7.05 Å². The van der Waals surface area contributed by atoms with Crippen LogP contribution in [0.4, 0.5) is 0 Å². The molecule has 3 unspecified atom stereocenters. The number of sulfone groups is 1. The standard InChI is InChI=1S/C10H21NO2S/c1-8-4-5-10(11-2)6-9(8)7-14(3,12)13/h8-11H,4-7H2,1-3H3. The van der Waals surface area contributed by atoms with E-state index in [2.05, 4.69) is 12.2 Å². The summed E-state index contributed by atoms with van der Waals surface area (Å²) in [6, 6.07) is 0.512. The molecule has 0 aliphatic heterocycles. The maximum Gasteiger partial charge on any atom is 0.147 e. The van der Waals surface area contributed by atoms with Crippen molar-refractivity contribution in [3.63, 3.8) is 0 Å². The third-order valence-corrected chi connectivity index (χ3v) is 4.32. The molecule has 0 heterocycles. The van der Waals surface area contributed by atoms with Crippen molar-refractivity contribution in [1.29, 1.82) is 0 Å². The van der Waals surface area contributed by atoms with Gasteiger partial charge in [0.15, 0.2) is 0 Å². The van der Waals surface area contributed by atoms with Gasteiger partial charge in [0.2, 0.25) is 0 Å². The number of rotatable bonds is 3. The lowest BCUT2D eigenvalue weighted by Crippen LogP contribution is -2.37. The number of nitrogens with one attached hydrogen (secondary N) is 1. The van der Waals surface area contributed by atoms with Crippen molar-refractivity contribution in [1.82, 2.24) is 5.32 Å². The molecule has 1 aliphatic rings. The minimum atomic E-state index is -2.82. The fourth-order valence-corrected chi connectivity index (χ4v) is 3.54.